The highest BCUT2D eigenvalue weighted by molar-refractivity contribution is 5.81. The number of aliphatic hydroxyl groups excluding tert-OH is 3. The summed E-state index contributed by atoms with van der Waals surface area (Å²) in [7, 11) is 0. The van der Waals surface area contributed by atoms with Crippen LogP contribution in [-0.2, 0) is 9.53 Å². The number of nitrogens with two attached hydrogens (primary N) is 1. The Hall–Kier alpha value is -0.730. The van der Waals surface area contributed by atoms with E-state index in [0.717, 1.165) is 0 Å². The van der Waals surface area contributed by atoms with Gasteiger partial charge < -0.3 is 31.1 Å². The van der Waals surface area contributed by atoms with Crippen molar-refractivity contribution in [3.63, 3.8) is 0 Å². The van der Waals surface area contributed by atoms with Gasteiger partial charge in [0.2, 0.25) is 5.91 Å². The Bertz CT molecular complexity index is 248. The van der Waals surface area contributed by atoms with Gasteiger partial charge in [0.15, 0.2) is 0 Å². The minimum atomic E-state index is -1.26. The number of ether oxygens (including phenoxy) is 1. The molecule has 0 aromatic carbocycles. The van der Waals surface area contributed by atoms with E-state index in [1.807, 2.05) is 0 Å². The van der Waals surface area contributed by atoms with E-state index < -0.39 is 42.9 Å². The zero-order chi connectivity index (χ0) is 12.3. The van der Waals surface area contributed by atoms with Crippen molar-refractivity contribution in [2.45, 2.75) is 37.3 Å². The molecule has 1 rings (SSSR count). The van der Waals surface area contributed by atoms with Crippen molar-refractivity contribution in [2.75, 3.05) is 6.61 Å². The summed E-state index contributed by atoms with van der Waals surface area (Å²) in [6.07, 6.45) is -3.36. The Labute approximate surface area is 93.2 Å². The van der Waals surface area contributed by atoms with Gasteiger partial charge in [-0.25, -0.2) is 0 Å². The first-order valence-corrected chi connectivity index (χ1v) is 4.99. The quantitative estimate of drug-likeness (QED) is 0.356. The molecule has 0 saturated carbocycles. The molecule has 7 heteroatoms. The number of carbonyl (C=O) groups excluding carboxylic acids is 1. The van der Waals surface area contributed by atoms with Crippen molar-refractivity contribution in [3.05, 3.63) is 6.61 Å². The summed E-state index contributed by atoms with van der Waals surface area (Å²) in [5.74, 6) is -0.460. The number of carbonyl (C=O) groups is 1. The molecule has 1 unspecified atom stereocenters. The second kappa shape index (κ2) is 5.55. The second-order valence-corrected chi connectivity index (χ2v) is 3.80. The van der Waals surface area contributed by atoms with E-state index in [4.69, 9.17) is 15.6 Å². The molecule has 1 saturated heterocycles. The third-order valence-electron chi connectivity index (χ3n) is 2.40. The average Bonchev–Trinajstić information content (AvgIpc) is 2.25. The molecular weight excluding hydrogens is 216 g/mol. The predicted molar refractivity (Wildman–Crippen MR) is 53.9 cm³/mol. The molecule has 0 bridgehead atoms. The Balaban J connectivity index is 2.54. The lowest BCUT2D eigenvalue weighted by atomic mass is 9.98. The summed E-state index contributed by atoms with van der Waals surface area (Å²) in [4.78, 5) is 11.3. The molecule has 1 fully saturated rings. The summed E-state index contributed by atoms with van der Waals surface area (Å²) in [5.41, 5.74) is 5.34. The number of rotatable bonds is 3. The Kier molecular flexibility index (Phi) is 4.63. The van der Waals surface area contributed by atoms with E-state index in [2.05, 4.69) is 5.32 Å². The fourth-order valence-electron chi connectivity index (χ4n) is 1.35. The maximum Gasteiger partial charge on any atom is 0.237 e. The van der Waals surface area contributed by atoms with Gasteiger partial charge in [-0.15, -0.1) is 0 Å². The lowest BCUT2D eigenvalue weighted by Gasteiger charge is -2.36. The van der Waals surface area contributed by atoms with Crippen LogP contribution in [0.15, 0.2) is 0 Å². The first-order chi connectivity index (χ1) is 7.47. The molecule has 1 aliphatic rings. The van der Waals surface area contributed by atoms with Crippen molar-refractivity contribution in [1.82, 2.24) is 5.32 Å². The largest absolute Gasteiger partial charge is 0.394 e. The van der Waals surface area contributed by atoms with Crippen LogP contribution in [0.3, 0.4) is 0 Å². The van der Waals surface area contributed by atoms with Gasteiger partial charge in [-0.1, -0.05) is 0 Å². The van der Waals surface area contributed by atoms with Crippen LogP contribution in [0, 0.1) is 6.61 Å². The zero-order valence-corrected chi connectivity index (χ0v) is 8.91. The smallest absolute Gasteiger partial charge is 0.237 e. The van der Waals surface area contributed by atoms with E-state index in [1.165, 1.54) is 13.5 Å². The van der Waals surface area contributed by atoms with Crippen molar-refractivity contribution in [2.24, 2.45) is 5.73 Å². The maximum atomic E-state index is 11.3. The third kappa shape index (κ3) is 2.89. The third-order valence-corrected chi connectivity index (χ3v) is 2.40. The van der Waals surface area contributed by atoms with Gasteiger partial charge in [0, 0.05) is 0 Å². The lowest BCUT2D eigenvalue weighted by Crippen LogP contribution is -2.59. The minimum Gasteiger partial charge on any atom is -0.394 e. The molecule has 1 aliphatic heterocycles. The minimum absolute atomic E-state index is 0.414. The summed E-state index contributed by atoms with van der Waals surface area (Å²) in [6, 6.07) is -1.55. The average molecular weight is 233 g/mol. The molecule has 1 amide bonds. The molecule has 5 atom stereocenters. The Morgan fingerprint density at radius 2 is 2.19 bits per heavy atom. The van der Waals surface area contributed by atoms with Crippen LogP contribution >= 0.6 is 0 Å². The van der Waals surface area contributed by atoms with E-state index in [0.29, 0.717) is 0 Å². The van der Waals surface area contributed by atoms with Crippen molar-refractivity contribution in [1.29, 1.82) is 0 Å². The van der Waals surface area contributed by atoms with Crippen LogP contribution in [0.25, 0.3) is 0 Å². The normalized spacial score (nSPS) is 36.8. The molecule has 6 N–H and O–H groups in total. The molecule has 1 radical (unpaired) electrons. The summed E-state index contributed by atoms with van der Waals surface area (Å²) < 4.78 is 4.96. The second-order valence-electron chi connectivity index (χ2n) is 3.80. The molecule has 93 valence electrons. The Morgan fingerprint density at radius 3 is 2.69 bits per heavy atom. The molecule has 7 nitrogen and oxygen atoms in total. The van der Waals surface area contributed by atoms with Gasteiger partial charge in [0.25, 0.3) is 0 Å². The van der Waals surface area contributed by atoms with E-state index >= 15 is 0 Å². The van der Waals surface area contributed by atoms with Crippen LogP contribution in [0.1, 0.15) is 6.92 Å². The SMILES string of the molecule is CC(N)C(=O)N[C@H]1[CH]O[C@H](CO)[C@@H](O)[C@@H]1O. The van der Waals surface area contributed by atoms with E-state index in [-0.39, 0.29) is 0 Å². The van der Waals surface area contributed by atoms with Gasteiger partial charge in [-0.2, -0.15) is 0 Å². The van der Waals surface area contributed by atoms with Crippen molar-refractivity contribution < 1.29 is 24.9 Å². The Morgan fingerprint density at radius 1 is 1.56 bits per heavy atom. The van der Waals surface area contributed by atoms with E-state index in [9.17, 15) is 15.0 Å². The fraction of sp³-hybridized carbons (Fsp3) is 0.778. The highest BCUT2D eigenvalue weighted by Crippen LogP contribution is 2.18. The van der Waals surface area contributed by atoms with Crippen molar-refractivity contribution in [3.8, 4) is 0 Å². The van der Waals surface area contributed by atoms with Crippen LogP contribution in [0.4, 0.5) is 0 Å². The predicted octanol–water partition coefficient (Wildman–Crippen LogP) is -2.91. The molecule has 0 aromatic rings. The topological polar surface area (TPSA) is 125 Å². The van der Waals surface area contributed by atoms with E-state index in [1.54, 1.807) is 0 Å². The number of nitrogens with one attached hydrogen (secondary N) is 1. The summed E-state index contributed by atoms with van der Waals surface area (Å²) in [5, 5.41) is 30.4. The molecule has 0 aliphatic carbocycles. The van der Waals surface area contributed by atoms with Gasteiger partial charge in [-0.05, 0) is 6.92 Å². The number of aliphatic hydroxyl groups is 3. The first-order valence-electron chi connectivity index (χ1n) is 4.99. The van der Waals surface area contributed by atoms with Gasteiger partial charge in [0.05, 0.1) is 18.7 Å². The van der Waals surface area contributed by atoms with Crippen LogP contribution in [-0.4, -0.2) is 58.2 Å². The number of amides is 1. The van der Waals surface area contributed by atoms with Crippen molar-refractivity contribution >= 4 is 5.91 Å². The van der Waals surface area contributed by atoms with Crippen LogP contribution in [0.2, 0.25) is 0 Å². The molecule has 16 heavy (non-hydrogen) atoms. The lowest BCUT2D eigenvalue weighted by molar-refractivity contribution is -0.145. The first kappa shape index (κ1) is 13.3. The molecular formula is C9H17N2O5. The van der Waals surface area contributed by atoms with Gasteiger partial charge in [0.1, 0.15) is 24.9 Å². The van der Waals surface area contributed by atoms with Crippen LogP contribution < -0.4 is 11.1 Å². The maximum absolute atomic E-state index is 11.3. The molecule has 0 aromatic heterocycles. The number of hydrogen-bond acceptors (Lipinski definition) is 6. The number of hydrogen-bond donors (Lipinski definition) is 5. The summed E-state index contributed by atoms with van der Waals surface area (Å²) in [6.45, 7) is 2.26. The van der Waals surface area contributed by atoms with Gasteiger partial charge in [-0.3, -0.25) is 4.79 Å². The summed E-state index contributed by atoms with van der Waals surface area (Å²) >= 11 is 0. The highest BCUT2D eigenvalue weighted by Gasteiger charge is 2.39. The monoisotopic (exact) mass is 233 g/mol. The van der Waals surface area contributed by atoms with Crippen LogP contribution in [0.5, 0.6) is 0 Å². The molecule has 0 spiro atoms. The zero-order valence-electron chi connectivity index (χ0n) is 8.91. The standard InChI is InChI=1S/C9H17N2O5/c1-4(10)9(15)11-5-3-16-6(2-12)8(14)7(5)13/h3-8,12-14H,2,10H2,1H3,(H,11,15)/t4?,5-,6+,7+,8+/m0/s1. The highest BCUT2D eigenvalue weighted by atomic mass is 16.5. The fourth-order valence-corrected chi connectivity index (χ4v) is 1.35. The van der Waals surface area contributed by atoms with Gasteiger partial charge >= 0.3 is 0 Å². The molecule has 1 heterocycles.